The molecule has 0 bridgehead atoms. The van der Waals surface area contributed by atoms with Crippen LogP contribution in [0.15, 0.2) is 42.7 Å². The fourth-order valence-corrected chi connectivity index (χ4v) is 4.75. The number of nitrogens with one attached hydrogen (secondary N) is 1. The molecule has 1 aromatic heterocycles. The number of amides is 1. The van der Waals surface area contributed by atoms with Crippen LogP contribution in [0.2, 0.25) is 0 Å². The molecule has 1 aromatic carbocycles. The van der Waals surface area contributed by atoms with Crippen LogP contribution in [-0.4, -0.2) is 67.1 Å². The lowest BCUT2D eigenvalue weighted by Gasteiger charge is -2.33. The molecule has 1 aliphatic heterocycles. The average Bonchev–Trinajstić information content (AvgIpc) is 2.69. The molecule has 1 fully saturated rings. The van der Waals surface area contributed by atoms with Gasteiger partial charge in [-0.3, -0.25) is 4.79 Å². The molecule has 2 aromatic rings. The second kappa shape index (κ2) is 8.93. The Labute approximate surface area is 172 Å². The number of carbonyl (C=O) groups excluding carboxylic acids is 1. The van der Waals surface area contributed by atoms with E-state index in [1.54, 1.807) is 30.6 Å². The highest BCUT2D eigenvalue weighted by Gasteiger charge is 2.27. The minimum absolute atomic E-state index is 0.0775. The van der Waals surface area contributed by atoms with Crippen LogP contribution in [0.5, 0.6) is 0 Å². The summed E-state index contributed by atoms with van der Waals surface area (Å²) in [6.45, 7) is 1.92. The first-order chi connectivity index (χ1) is 13.0. The zero-order chi connectivity index (χ0) is 19.3. The maximum Gasteiger partial charge on any atom is 0.252 e. The first-order valence-electron chi connectivity index (χ1n) is 8.50. The van der Waals surface area contributed by atoms with Crippen molar-refractivity contribution in [2.75, 3.05) is 43.4 Å². The van der Waals surface area contributed by atoms with Gasteiger partial charge in [-0.15, -0.1) is 0 Å². The number of aromatic nitrogens is 2. The molecule has 144 valence electrons. The van der Waals surface area contributed by atoms with Crippen molar-refractivity contribution in [3.05, 3.63) is 51.9 Å². The first-order valence-corrected chi connectivity index (χ1v) is 11.2. The summed E-state index contributed by atoms with van der Waals surface area (Å²) >= 11 is 2.08. The van der Waals surface area contributed by atoms with Crippen LogP contribution < -0.4 is 10.2 Å². The predicted molar refractivity (Wildman–Crippen MR) is 111 cm³/mol. The van der Waals surface area contributed by atoms with Crippen molar-refractivity contribution in [2.24, 2.45) is 0 Å². The van der Waals surface area contributed by atoms with Crippen molar-refractivity contribution >= 4 is 44.5 Å². The Morgan fingerprint density at radius 3 is 2.41 bits per heavy atom. The summed E-state index contributed by atoms with van der Waals surface area (Å²) in [5.74, 6) is 0.227. The molecular weight excluding hydrogens is 481 g/mol. The topological polar surface area (TPSA) is 95.5 Å². The molecule has 0 aliphatic carbocycles. The highest BCUT2D eigenvalue weighted by atomic mass is 127. The fourth-order valence-electron chi connectivity index (χ4n) is 2.78. The zero-order valence-electron chi connectivity index (χ0n) is 14.6. The number of sulfonamides is 1. The van der Waals surface area contributed by atoms with E-state index in [0.717, 1.165) is 3.57 Å². The zero-order valence-corrected chi connectivity index (χ0v) is 17.6. The largest absolute Gasteiger partial charge is 0.351 e. The Morgan fingerprint density at radius 1 is 1.07 bits per heavy atom. The molecule has 10 heteroatoms. The summed E-state index contributed by atoms with van der Waals surface area (Å²) in [6.07, 6.45) is 3.34. The number of halogens is 1. The van der Waals surface area contributed by atoms with Gasteiger partial charge in [-0.1, -0.05) is 12.1 Å². The smallest absolute Gasteiger partial charge is 0.252 e. The molecule has 1 amide bonds. The molecule has 0 atom stereocenters. The Bertz CT molecular complexity index is 886. The van der Waals surface area contributed by atoms with Crippen molar-refractivity contribution in [3.8, 4) is 0 Å². The van der Waals surface area contributed by atoms with Crippen LogP contribution in [0.3, 0.4) is 0 Å². The van der Waals surface area contributed by atoms with E-state index in [-0.39, 0.29) is 18.2 Å². The van der Waals surface area contributed by atoms with Gasteiger partial charge < -0.3 is 10.2 Å². The van der Waals surface area contributed by atoms with Gasteiger partial charge in [0, 0.05) is 48.7 Å². The van der Waals surface area contributed by atoms with Crippen molar-refractivity contribution in [3.63, 3.8) is 0 Å². The molecule has 8 nitrogen and oxygen atoms in total. The van der Waals surface area contributed by atoms with Gasteiger partial charge in [0.25, 0.3) is 5.91 Å². The normalized spacial score (nSPS) is 15.5. The summed E-state index contributed by atoms with van der Waals surface area (Å²) in [5.41, 5.74) is 0.548. The molecule has 27 heavy (non-hydrogen) atoms. The van der Waals surface area contributed by atoms with Gasteiger partial charge in [-0.25, -0.2) is 18.4 Å². The molecule has 1 aliphatic rings. The van der Waals surface area contributed by atoms with Gasteiger partial charge in [0.2, 0.25) is 16.0 Å². The third kappa shape index (κ3) is 5.14. The van der Waals surface area contributed by atoms with Gasteiger partial charge in [0.15, 0.2) is 0 Å². The summed E-state index contributed by atoms with van der Waals surface area (Å²) in [6, 6.07) is 8.93. The van der Waals surface area contributed by atoms with E-state index in [4.69, 9.17) is 0 Å². The summed E-state index contributed by atoms with van der Waals surface area (Å²) < 4.78 is 27.4. The third-order valence-corrected chi connectivity index (χ3v) is 7.04. The molecule has 0 spiro atoms. The Hall–Kier alpha value is -1.79. The number of piperazine rings is 1. The number of hydrogen-bond acceptors (Lipinski definition) is 6. The molecule has 1 saturated heterocycles. The fraction of sp³-hybridized carbons (Fsp3) is 0.353. The lowest BCUT2D eigenvalue weighted by Crippen LogP contribution is -2.50. The number of benzene rings is 1. The standard InChI is InChI=1S/C17H20IN5O3S/c18-15-5-2-1-4-14(15)16(24)19-8-13-27(25,26)23-11-9-22(10-12-23)17-20-6-3-7-21-17/h1-7H,8-13H2,(H,19,24). The van der Waals surface area contributed by atoms with E-state index in [9.17, 15) is 13.2 Å². The first kappa shape index (κ1) is 20.0. The van der Waals surface area contributed by atoms with Crippen molar-refractivity contribution in [1.82, 2.24) is 19.6 Å². The van der Waals surface area contributed by atoms with Crippen molar-refractivity contribution in [1.29, 1.82) is 0 Å². The van der Waals surface area contributed by atoms with Gasteiger partial charge in [-0.2, -0.15) is 4.31 Å². The third-order valence-electron chi connectivity index (χ3n) is 4.23. The van der Waals surface area contributed by atoms with E-state index in [1.807, 2.05) is 17.0 Å². The molecule has 0 saturated carbocycles. The lowest BCUT2D eigenvalue weighted by molar-refractivity contribution is 0.0955. The summed E-state index contributed by atoms with van der Waals surface area (Å²) in [5, 5.41) is 2.69. The average molecular weight is 501 g/mol. The Balaban J connectivity index is 1.49. The number of hydrogen-bond donors (Lipinski definition) is 1. The van der Waals surface area contributed by atoms with Crippen LogP contribution in [-0.2, 0) is 10.0 Å². The number of nitrogens with zero attached hydrogens (tertiary/aromatic N) is 4. The monoisotopic (exact) mass is 501 g/mol. The second-order valence-corrected chi connectivity index (χ2v) is 9.24. The minimum atomic E-state index is -3.43. The number of rotatable bonds is 6. The highest BCUT2D eigenvalue weighted by Crippen LogP contribution is 2.13. The van der Waals surface area contributed by atoms with Crippen molar-refractivity contribution in [2.45, 2.75) is 0 Å². The molecular formula is C17H20IN5O3S. The molecule has 0 unspecified atom stereocenters. The maximum absolute atomic E-state index is 12.5. The van der Waals surface area contributed by atoms with Gasteiger partial charge in [-0.05, 0) is 40.8 Å². The molecule has 1 N–H and O–H groups in total. The number of carbonyl (C=O) groups is 1. The van der Waals surface area contributed by atoms with Gasteiger partial charge in [0.05, 0.1) is 11.3 Å². The maximum atomic E-state index is 12.5. The van der Waals surface area contributed by atoms with E-state index >= 15 is 0 Å². The van der Waals surface area contributed by atoms with E-state index in [2.05, 4.69) is 37.9 Å². The van der Waals surface area contributed by atoms with E-state index in [0.29, 0.717) is 37.7 Å². The van der Waals surface area contributed by atoms with Crippen molar-refractivity contribution < 1.29 is 13.2 Å². The van der Waals surface area contributed by atoms with E-state index in [1.165, 1.54) is 4.31 Å². The van der Waals surface area contributed by atoms with Gasteiger partial charge in [0.1, 0.15) is 0 Å². The molecule has 3 rings (SSSR count). The van der Waals surface area contributed by atoms with Crippen LogP contribution >= 0.6 is 22.6 Å². The highest BCUT2D eigenvalue weighted by molar-refractivity contribution is 14.1. The summed E-state index contributed by atoms with van der Waals surface area (Å²) in [4.78, 5) is 22.5. The number of anilines is 1. The molecule has 0 radical (unpaired) electrons. The van der Waals surface area contributed by atoms with Crippen LogP contribution in [0.25, 0.3) is 0 Å². The van der Waals surface area contributed by atoms with Gasteiger partial charge >= 0.3 is 0 Å². The van der Waals surface area contributed by atoms with Crippen LogP contribution in [0.4, 0.5) is 5.95 Å². The predicted octanol–water partition coefficient (Wildman–Crippen LogP) is 0.963. The van der Waals surface area contributed by atoms with Crippen LogP contribution in [0.1, 0.15) is 10.4 Å². The Morgan fingerprint density at radius 2 is 1.74 bits per heavy atom. The quantitative estimate of drug-likeness (QED) is 0.593. The Kier molecular flexibility index (Phi) is 6.60. The summed E-state index contributed by atoms with van der Waals surface area (Å²) in [7, 11) is -3.43. The lowest BCUT2D eigenvalue weighted by atomic mass is 10.2. The van der Waals surface area contributed by atoms with E-state index < -0.39 is 10.0 Å². The second-order valence-electron chi connectivity index (χ2n) is 5.99. The van der Waals surface area contributed by atoms with Crippen LogP contribution in [0, 0.1) is 3.57 Å². The SMILES string of the molecule is O=C(NCCS(=O)(=O)N1CCN(c2ncccn2)CC1)c1ccccc1I. The molecule has 2 heterocycles. The minimum Gasteiger partial charge on any atom is -0.351 e.